The van der Waals surface area contributed by atoms with Crippen molar-refractivity contribution in [3.63, 3.8) is 0 Å². The average Bonchev–Trinajstić information content (AvgIpc) is 3.41. The van der Waals surface area contributed by atoms with Crippen molar-refractivity contribution in [3.8, 4) is 34.1 Å². The van der Waals surface area contributed by atoms with Crippen LogP contribution in [0.4, 0.5) is 0 Å². The molecule has 5 aromatic rings. The Kier molecular flexibility index (Phi) is 7.96. The van der Waals surface area contributed by atoms with Gasteiger partial charge in [0.05, 0.1) is 33.1 Å². The van der Waals surface area contributed by atoms with Gasteiger partial charge in [-0.1, -0.05) is 60.7 Å². The van der Waals surface area contributed by atoms with E-state index in [1.807, 2.05) is 54.6 Å². The van der Waals surface area contributed by atoms with Crippen LogP contribution in [0, 0.1) is 0 Å². The van der Waals surface area contributed by atoms with Crippen molar-refractivity contribution in [2.24, 2.45) is 5.10 Å². The molecule has 5 rings (SSSR count). The molecule has 1 heterocycles. The summed E-state index contributed by atoms with van der Waals surface area (Å²) in [6.45, 7) is 0. The monoisotopic (exact) mass is 549 g/mol. The molecule has 1 aromatic heterocycles. The highest BCUT2D eigenvalue weighted by molar-refractivity contribution is 6.09. The first kappa shape index (κ1) is 27.0. The second-order valence-electron chi connectivity index (χ2n) is 8.83. The molecule has 0 fully saturated rings. The Morgan fingerprint density at radius 2 is 1.44 bits per heavy atom. The van der Waals surface area contributed by atoms with Crippen LogP contribution in [0.5, 0.6) is 23.0 Å². The lowest BCUT2D eigenvalue weighted by Crippen LogP contribution is -2.19. The van der Waals surface area contributed by atoms with Crippen molar-refractivity contribution in [3.05, 3.63) is 108 Å². The van der Waals surface area contributed by atoms with Gasteiger partial charge in [0.1, 0.15) is 11.4 Å². The Labute approximate surface area is 236 Å². The number of para-hydroxylation sites is 2. The van der Waals surface area contributed by atoms with E-state index in [4.69, 9.17) is 18.9 Å². The number of rotatable bonds is 9. The smallest absolute Gasteiger partial charge is 0.343 e. The van der Waals surface area contributed by atoms with Crippen LogP contribution in [0.2, 0.25) is 0 Å². The Bertz CT molecular complexity index is 1720. The van der Waals surface area contributed by atoms with Gasteiger partial charge in [0, 0.05) is 22.0 Å². The summed E-state index contributed by atoms with van der Waals surface area (Å²) >= 11 is 0. The molecule has 0 radical (unpaired) electrons. The van der Waals surface area contributed by atoms with E-state index in [2.05, 4.69) is 15.5 Å². The SMILES string of the molecule is COc1cc(C(=O)Oc2ccccc2C=NNC(=O)c2[nH]c3ccccc3c2-c2ccccc2)cc(OC)c1OC. The minimum Gasteiger partial charge on any atom is -0.493 e. The fraction of sp³-hybridized carbons (Fsp3) is 0.0938. The first-order chi connectivity index (χ1) is 20.0. The highest BCUT2D eigenvalue weighted by Gasteiger charge is 2.20. The number of hydrazone groups is 1. The number of hydrogen-bond donors (Lipinski definition) is 2. The number of carbonyl (C=O) groups is 2. The van der Waals surface area contributed by atoms with E-state index in [0.717, 1.165) is 22.0 Å². The van der Waals surface area contributed by atoms with Gasteiger partial charge in [-0.25, -0.2) is 10.2 Å². The minimum atomic E-state index is -0.639. The predicted octanol–water partition coefficient (Wildman–Crippen LogP) is 5.84. The molecule has 4 aromatic carbocycles. The van der Waals surface area contributed by atoms with Crippen LogP contribution >= 0.6 is 0 Å². The summed E-state index contributed by atoms with van der Waals surface area (Å²) in [7, 11) is 4.41. The zero-order valence-electron chi connectivity index (χ0n) is 22.6. The summed E-state index contributed by atoms with van der Waals surface area (Å²) in [5, 5.41) is 5.08. The second-order valence-corrected chi connectivity index (χ2v) is 8.83. The molecule has 1 amide bonds. The van der Waals surface area contributed by atoms with Gasteiger partial charge in [0.25, 0.3) is 5.91 Å². The number of methoxy groups -OCH3 is 3. The molecule has 9 heteroatoms. The first-order valence-electron chi connectivity index (χ1n) is 12.6. The zero-order valence-corrected chi connectivity index (χ0v) is 22.6. The molecular formula is C32H27N3O6. The van der Waals surface area contributed by atoms with Crippen LogP contribution in [0.25, 0.3) is 22.0 Å². The number of aromatic nitrogens is 1. The third-order valence-corrected chi connectivity index (χ3v) is 6.39. The predicted molar refractivity (Wildman–Crippen MR) is 156 cm³/mol. The van der Waals surface area contributed by atoms with Crippen LogP contribution in [0.15, 0.2) is 96.1 Å². The molecule has 0 saturated carbocycles. The molecule has 41 heavy (non-hydrogen) atoms. The van der Waals surface area contributed by atoms with Crippen molar-refractivity contribution in [1.82, 2.24) is 10.4 Å². The number of nitrogens with one attached hydrogen (secondary N) is 2. The van der Waals surface area contributed by atoms with Gasteiger partial charge in [-0.2, -0.15) is 5.10 Å². The number of ether oxygens (including phenoxy) is 4. The summed E-state index contributed by atoms with van der Waals surface area (Å²) in [6.07, 6.45) is 1.42. The van der Waals surface area contributed by atoms with Gasteiger partial charge >= 0.3 is 5.97 Å². The lowest BCUT2D eigenvalue weighted by atomic mass is 10.0. The Morgan fingerprint density at radius 3 is 2.15 bits per heavy atom. The minimum absolute atomic E-state index is 0.201. The molecule has 0 saturated heterocycles. The maximum atomic E-state index is 13.2. The summed E-state index contributed by atoms with van der Waals surface area (Å²) in [6, 6.07) is 27.2. The van der Waals surface area contributed by atoms with Gasteiger partial charge in [-0.05, 0) is 35.9 Å². The van der Waals surface area contributed by atoms with E-state index in [0.29, 0.717) is 28.5 Å². The molecule has 0 aliphatic heterocycles. The van der Waals surface area contributed by atoms with E-state index in [9.17, 15) is 9.59 Å². The molecule has 0 aliphatic carbocycles. The second kappa shape index (κ2) is 12.1. The number of hydrogen-bond acceptors (Lipinski definition) is 7. The third-order valence-electron chi connectivity index (χ3n) is 6.39. The normalized spacial score (nSPS) is 10.9. The van der Waals surface area contributed by atoms with Gasteiger partial charge in [0.2, 0.25) is 5.75 Å². The molecule has 2 N–H and O–H groups in total. The van der Waals surface area contributed by atoms with Crippen molar-refractivity contribution >= 4 is 29.0 Å². The number of nitrogens with zero attached hydrogens (tertiary/aromatic N) is 1. The zero-order chi connectivity index (χ0) is 28.8. The molecule has 0 spiro atoms. The maximum absolute atomic E-state index is 13.2. The lowest BCUT2D eigenvalue weighted by Gasteiger charge is -2.14. The van der Waals surface area contributed by atoms with Gasteiger partial charge < -0.3 is 23.9 Å². The van der Waals surface area contributed by atoms with E-state index in [1.165, 1.54) is 39.7 Å². The highest BCUT2D eigenvalue weighted by atomic mass is 16.5. The number of esters is 1. The van der Waals surface area contributed by atoms with Crippen LogP contribution in [0.1, 0.15) is 26.4 Å². The van der Waals surface area contributed by atoms with Crippen molar-refractivity contribution in [2.45, 2.75) is 0 Å². The summed E-state index contributed by atoms with van der Waals surface area (Å²) < 4.78 is 21.7. The number of aromatic amines is 1. The molecule has 0 unspecified atom stereocenters. The standard InChI is InChI=1S/C32H27N3O6/c1-38-26-17-22(18-27(39-2)30(26)40-3)32(37)41-25-16-10-7-13-21(25)19-33-35-31(36)29-28(20-11-5-4-6-12-20)23-14-8-9-15-24(23)34-29/h4-19,34H,1-3H3,(H,35,36). The van der Waals surface area contributed by atoms with Crippen molar-refractivity contribution in [1.29, 1.82) is 0 Å². The highest BCUT2D eigenvalue weighted by Crippen LogP contribution is 2.38. The van der Waals surface area contributed by atoms with E-state index < -0.39 is 11.9 Å². The number of fused-ring (bicyclic) bond motifs is 1. The lowest BCUT2D eigenvalue weighted by molar-refractivity contribution is 0.0733. The fourth-order valence-electron chi connectivity index (χ4n) is 4.47. The topological polar surface area (TPSA) is 111 Å². The third kappa shape index (κ3) is 5.60. The molecule has 0 bridgehead atoms. The van der Waals surface area contributed by atoms with Gasteiger partial charge in [0.15, 0.2) is 11.5 Å². The fourth-order valence-corrected chi connectivity index (χ4v) is 4.47. The van der Waals surface area contributed by atoms with Gasteiger partial charge in [-0.3, -0.25) is 4.79 Å². The molecule has 206 valence electrons. The summed E-state index contributed by atoms with van der Waals surface area (Å²) in [5.41, 5.74) is 6.18. The number of amides is 1. The largest absolute Gasteiger partial charge is 0.493 e. The van der Waals surface area contributed by atoms with Crippen LogP contribution in [0.3, 0.4) is 0 Å². The van der Waals surface area contributed by atoms with E-state index in [1.54, 1.807) is 24.3 Å². The molecular weight excluding hydrogens is 522 g/mol. The van der Waals surface area contributed by atoms with Gasteiger partial charge in [-0.15, -0.1) is 0 Å². The maximum Gasteiger partial charge on any atom is 0.343 e. The summed E-state index contributed by atoms with van der Waals surface area (Å²) in [5.74, 6) is 0.203. The van der Waals surface area contributed by atoms with E-state index in [-0.39, 0.29) is 11.3 Å². The molecule has 9 nitrogen and oxygen atoms in total. The Morgan fingerprint density at radius 1 is 0.780 bits per heavy atom. The quantitative estimate of drug-likeness (QED) is 0.103. The summed E-state index contributed by atoms with van der Waals surface area (Å²) in [4.78, 5) is 29.5. The van der Waals surface area contributed by atoms with Crippen molar-refractivity contribution in [2.75, 3.05) is 21.3 Å². The number of carbonyl (C=O) groups excluding carboxylic acids is 2. The van der Waals surface area contributed by atoms with Crippen LogP contribution < -0.4 is 24.4 Å². The average molecular weight is 550 g/mol. The van der Waals surface area contributed by atoms with Crippen LogP contribution in [-0.2, 0) is 0 Å². The Balaban J connectivity index is 1.37. The Hall–Kier alpha value is -5.57. The molecule has 0 atom stereocenters. The van der Waals surface area contributed by atoms with Crippen LogP contribution in [-0.4, -0.2) is 44.4 Å². The number of H-pyrrole nitrogens is 1. The number of benzene rings is 4. The van der Waals surface area contributed by atoms with E-state index >= 15 is 0 Å². The van der Waals surface area contributed by atoms with Crippen molar-refractivity contribution < 1.29 is 28.5 Å². The first-order valence-corrected chi connectivity index (χ1v) is 12.6. The molecule has 0 aliphatic rings.